The van der Waals surface area contributed by atoms with Crippen molar-refractivity contribution in [3.8, 4) is 72.8 Å². The van der Waals surface area contributed by atoms with Gasteiger partial charge in [-0.1, -0.05) is 196 Å². The van der Waals surface area contributed by atoms with Gasteiger partial charge in [-0.2, -0.15) is 0 Å². The Balaban J connectivity index is 0.876. The standard InChI is InChI=1S/C66H43N3/c1-65(2)53-25-11-6-21-46(53)50-38-52-51-37-42(35-36-60(51)69(61(52)39-58(50)65)43-17-4-3-5-18-43)40-31-33-41(34-32-40)63-48-23-10-15-30-59(48)67-64(68-63)49-24-16-29-57-62(49)47-22-9-14-28-56(47)66(57)54-26-12-7-19-44(54)45-20-8-13-27-55(45)66/h3-39H,1-2H3. The molecule has 0 atom stereocenters. The molecule has 3 heteroatoms. The monoisotopic (exact) mass is 877 g/mol. The number of hydrogen-bond donors (Lipinski definition) is 0. The van der Waals surface area contributed by atoms with Gasteiger partial charge in [-0.15, -0.1) is 0 Å². The molecule has 0 unspecified atom stereocenters. The van der Waals surface area contributed by atoms with Gasteiger partial charge in [0.25, 0.3) is 0 Å². The number of aromatic nitrogens is 3. The average molecular weight is 878 g/mol. The second-order valence-corrected chi connectivity index (χ2v) is 19.6. The van der Waals surface area contributed by atoms with Crippen LogP contribution in [-0.2, 0) is 10.8 Å². The molecule has 0 bridgehead atoms. The number of rotatable bonds is 4. The van der Waals surface area contributed by atoms with Crippen molar-refractivity contribution in [1.82, 2.24) is 14.5 Å². The smallest absolute Gasteiger partial charge is 0.161 e. The molecule has 0 saturated heterocycles. The van der Waals surface area contributed by atoms with Gasteiger partial charge >= 0.3 is 0 Å². The maximum Gasteiger partial charge on any atom is 0.161 e. The van der Waals surface area contributed by atoms with Crippen LogP contribution in [0.3, 0.4) is 0 Å². The fourth-order valence-electron chi connectivity index (χ4n) is 12.8. The maximum atomic E-state index is 5.55. The van der Waals surface area contributed by atoms with Crippen molar-refractivity contribution in [2.24, 2.45) is 0 Å². The van der Waals surface area contributed by atoms with Crippen molar-refractivity contribution >= 4 is 32.7 Å². The van der Waals surface area contributed by atoms with Crippen molar-refractivity contribution in [2.75, 3.05) is 0 Å². The molecular weight excluding hydrogens is 835 g/mol. The van der Waals surface area contributed by atoms with E-state index in [0.29, 0.717) is 0 Å². The number of hydrogen-bond acceptors (Lipinski definition) is 2. The van der Waals surface area contributed by atoms with Gasteiger partial charge in [0.2, 0.25) is 0 Å². The summed E-state index contributed by atoms with van der Waals surface area (Å²) in [7, 11) is 0. The molecule has 0 fully saturated rings. The maximum absolute atomic E-state index is 5.55. The quantitative estimate of drug-likeness (QED) is 0.176. The summed E-state index contributed by atoms with van der Waals surface area (Å²) in [5.41, 5.74) is 25.1. The molecule has 2 aromatic heterocycles. The van der Waals surface area contributed by atoms with Crippen LogP contribution in [0, 0.1) is 0 Å². The summed E-state index contributed by atoms with van der Waals surface area (Å²) >= 11 is 0. The zero-order chi connectivity index (χ0) is 45.6. The van der Waals surface area contributed by atoms with Crippen LogP contribution in [-0.4, -0.2) is 14.5 Å². The Hall–Kier alpha value is -8.66. The van der Waals surface area contributed by atoms with Crippen LogP contribution in [0.1, 0.15) is 47.2 Å². The fraction of sp³-hybridized carbons (Fsp3) is 0.0606. The van der Waals surface area contributed by atoms with E-state index in [2.05, 4.69) is 243 Å². The first-order valence-corrected chi connectivity index (χ1v) is 24.1. The summed E-state index contributed by atoms with van der Waals surface area (Å²) in [6.45, 7) is 4.73. The number of benzene rings is 10. The molecule has 0 N–H and O–H groups in total. The lowest BCUT2D eigenvalue weighted by Crippen LogP contribution is -2.25. The highest BCUT2D eigenvalue weighted by atomic mass is 15.0. The molecule has 3 nitrogen and oxygen atoms in total. The summed E-state index contributed by atoms with van der Waals surface area (Å²) < 4.78 is 2.45. The van der Waals surface area contributed by atoms with Gasteiger partial charge in [-0.3, -0.25) is 0 Å². The normalized spacial score (nSPS) is 14.2. The average Bonchev–Trinajstić information content (AvgIpc) is 4.08. The van der Waals surface area contributed by atoms with Crippen LogP contribution in [0.15, 0.2) is 224 Å². The largest absolute Gasteiger partial charge is 0.309 e. The Morgan fingerprint density at radius 2 is 0.899 bits per heavy atom. The van der Waals surface area contributed by atoms with Crippen LogP contribution in [0.2, 0.25) is 0 Å². The molecule has 3 aliphatic rings. The van der Waals surface area contributed by atoms with E-state index in [1.165, 1.54) is 94.1 Å². The van der Waals surface area contributed by atoms with E-state index < -0.39 is 5.41 Å². The lowest BCUT2D eigenvalue weighted by Gasteiger charge is -2.30. The first-order chi connectivity index (χ1) is 34.0. The van der Waals surface area contributed by atoms with Crippen molar-refractivity contribution < 1.29 is 0 Å². The van der Waals surface area contributed by atoms with Crippen LogP contribution in [0.25, 0.3) is 106 Å². The summed E-state index contributed by atoms with van der Waals surface area (Å²) in [6, 6.07) is 82.7. The minimum Gasteiger partial charge on any atom is -0.309 e. The first-order valence-electron chi connectivity index (χ1n) is 24.1. The van der Waals surface area contributed by atoms with E-state index in [1.807, 2.05) is 0 Å². The second kappa shape index (κ2) is 13.9. The highest BCUT2D eigenvalue weighted by Gasteiger charge is 2.52. The highest BCUT2D eigenvalue weighted by molar-refractivity contribution is 6.13. The van der Waals surface area contributed by atoms with Gasteiger partial charge in [0.05, 0.1) is 27.7 Å². The molecule has 12 aromatic rings. The van der Waals surface area contributed by atoms with Crippen LogP contribution < -0.4 is 0 Å². The molecule has 322 valence electrons. The number of para-hydroxylation sites is 2. The van der Waals surface area contributed by atoms with Crippen LogP contribution in [0.4, 0.5) is 0 Å². The van der Waals surface area contributed by atoms with Gasteiger partial charge in [0.15, 0.2) is 5.82 Å². The topological polar surface area (TPSA) is 30.7 Å². The molecule has 0 amide bonds. The van der Waals surface area contributed by atoms with E-state index in [-0.39, 0.29) is 5.41 Å². The van der Waals surface area contributed by atoms with Crippen molar-refractivity contribution in [2.45, 2.75) is 24.7 Å². The van der Waals surface area contributed by atoms with E-state index in [0.717, 1.165) is 44.8 Å². The Labute approximate surface area is 400 Å². The summed E-state index contributed by atoms with van der Waals surface area (Å²) in [5, 5.41) is 3.54. The Morgan fingerprint density at radius 1 is 0.348 bits per heavy atom. The van der Waals surface area contributed by atoms with Crippen molar-refractivity contribution in [3.63, 3.8) is 0 Å². The Bertz CT molecular complexity index is 4110. The third-order valence-electron chi connectivity index (χ3n) is 15.8. The molecule has 2 heterocycles. The highest BCUT2D eigenvalue weighted by Crippen LogP contribution is 2.64. The SMILES string of the molecule is CC1(C)c2ccccc2-c2cc3c4cc(-c5ccc(-c6nc(-c7cccc8c7-c7ccccc7C87c8ccccc8-c8ccccc87)nc7ccccc67)cc5)ccc4n(-c4ccccc4)c3cc21. The molecule has 1 spiro atoms. The zero-order valence-electron chi connectivity index (χ0n) is 38.2. The van der Waals surface area contributed by atoms with Crippen molar-refractivity contribution in [3.05, 3.63) is 258 Å². The van der Waals surface area contributed by atoms with Crippen LogP contribution in [0.5, 0.6) is 0 Å². The zero-order valence-corrected chi connectivity index (χ0v) is 38.2. The molecule has 3 aliphatic carbocycles. The van der Waals surface area contributed by atoms with E-state index in [4.69, 9.17) is 9.97 Å². The third kappa shape index (κ3) is 5.11. The molecule has 69 heavy (non-hydrogen) atoms. The number of fused-ring (bicyclic) bond motifs is 17. The van der Waals surface area contributed by atoms with E-state index >= 15 is 0 Å². The van der Waals surface area contributed by atoms with E-state index in [9.17, 15) is 0 Å². The van der Waals surface area contributed by atoms with Gasteiger partial charge in [-0.05, 0) is 120 Å². The Kier molecular flexibility index (Phi) is 7.77. The summed E-state index contributed by atoms with van der Waals surface area (Å²) in [4.78, 5) is 10.9. The minimum absolute atomic E-state index is 0.0918. The Morgan fingerprint density at radius 3 is 1.64 bits per heavy atom. The van der Waals surface area contributed by atoms with Gasteiger partial charge in [0.1, 0.15) is 0 Å². The summed E-state index contributed by atoms with van der Waals surface area (Å²) in [6.07, 6.45) is 0. The number of nitrogens with zero attached hydrogens (tertiary/aromatic N) is 3. The molecule has 10 aromatic carbocycles. The van der Waals surface area contributed by atoms with Gasteiger partial charge in [0, 0.05) is 38.4 Å². The third-order valence-corrected chi connectivity index (χ3v) is 15.8. The van der Waals surface area contributed by atoms with Gasteiger partial charge < -0.3 is 4.57 Å². The molecule has 15 rings (SSSR count). The first kappa shape index (κ1) is 38.4. The second-order valence-electron chi connectivity index (χ2n) is 19.6. The van der Waals surface area contributed by atoms with Gasteiger partial charge in [-0.25, -0.2) is 9.97 Å². The lowest BCUT2D eigenvalue weighted by molar-refractivity contribution is 0.661. The minimum atomic E-state index is -0.438. The molecule has 0 radical (unpaired) electrons. The molecule has 0 aliphatic heterocycles. The predicted molar refractivity (Wildman–Crippen MR) is 284 cm³/mol. The lowest BCUT2D eigenvalue weighted by atomic mass is 9.70. The summed E-state index contributed by atoms with van der Waals surface area (Å²) in [5.74, 6) is 0.730. The van der Waals surface area contributed by atoms with E-state index in [1.54, 1.807) is 0 Å². The predicted octanol–water partition coefficient (Wildman–Crippen LogP) is 16.4. The fourth-order valence-corrected chi connectivity index (χ4v) is 12.8. The van der Waals surface area contributed by atoms with Crippen LogP contribution >= 0.6 is 0 Å². The van der Waals surface area contributed by atoms with Crippen molar-refractivity contribution in [1.29, 1.82) is 0 Å². The molecular formula is C66H43N3. The molecule has 0 saturated carbocycles.